The monoisotopic (exact) mass is 318 g/mol. The van der Waals surface area contributed by atoms with E-state index in [1.807, 2.05) is 0 Å². The number of ether oxygens (including phenoxy) is 2. The van der Waals surface area contributed by atoms with Gasteiger partial charge >= 0.3 is 5.97 Å². The number of nitro groups is 1. The number of nitro benzene ring substituents is 1. The van der Waals surface area contributed by atoms with Gasteiger partial charge in [-0.05, 0) is 24.3 Å². The van der Waals surface area contributed by atoms with Gasteiger partial charge in [0.2, 0.25) is 0 Å². The first-order valence-electron chi connectivity index (χ1n) is 6.47. The standard InChI is InChI=1S/C15H14N2O6/c1-22-10-4-5-11(14(8-10)23-2)16-12-7-9(15(18)19)3-6-13(12)17(20)21/h3-8,16H,1-2H3,(H,18,19). The fourth-order valence-corrected chi connectivity index (χ4v) is 1.98. The van der Waals surface area contributed by atoms with Gasteiger partial charge in [-0.25, -0.2) is 4.79 Å². The maximum Gasteiger partial charge on any atom is 0.335 e. The van der Waals surface area contributed by atoms with Crippen LogP contribution in [0.15, 0.2) is 36.4 Å². The Morgan fingerprint density at radius 2 is 1.87 bits per heavy atom. The molecular weight excluding hydrogens is 304 g/mol. The lowest BCUT2D eigenvalue weighted by molar-refractivity contribution is -0.383. The van der Waals surface area contributed by atoms with Crippen molar-refractivity contribution in [3.63, 3.8) is 0 Å². The molecule has 0 unspecified atom stereocenters. The third-order valence-electron chi connectivity index (χ3n) is 3.12. The molecule has 2 N–H and O–H groups in total. The maximum atomic E-state index is 11.1. The van der Waals surface area contributed by atoms with E-state index < -0.39 is 10.9 Å². The number of benzene rings is 2. The average Bonchev–Trinajstić information content (AvgIpc) is 2.54. The average molecular weight is 318 g/mol. The van der Waals surface area contributed by atoms with Crippen molar-refractivity contribution in [2.24, 2.45) is 0 Å². The largest absolute Gasteiger partial charge is 0.497 e. The van der Waals surface area contributed by atoms with Crippen LogP contribution in [0.1, 0.15) is 10.4 Å². The molecule has 0 saturated carbocycles. The summed E-state index contributed by atoms with van der Waals surface area (Å²) in [5.74, 6) is -0.217. The van der Waals surface area contributed by atoms with Gasteiger partial charge in [-0.3, -0.25) is 10.1 Å². The number of nitrogens with one attached hydrogen (secondary N) is 1. The van der Waals surface area contributed by atoms with Crippen LogP contribution in [0.4, 0.5) is 17.1 Å². The van der Waals surface area contributed by atoms with Gasteiger partial charge in [0.05, 0.1) is 30.4 Å². The third-order valence-corrected chi connectivity index (χ3v) is 3.12. The second-order valence-electron chi connectivity index (χ2n) is 4.49. The van der Waals surface area contributed by atoms with Crippen molar-refractivity contribution < 1.29 is 24.3 Å². The number of anilines is 2. The van der Waals surface area contributed by atoms with Crippen LogP contribution in [0, 0.1) is 10.1 Å². The van der Waals surface area contributed by atoms with E-state index in [4.69, 9.17) is 14.6 Å². The molecule has 8 nitrogen and oxygen atoms in total. The summed E-state index contributed by atoms with van der Waals surface area (Å²) in [6.07, 6.45) is 0. The first-order valence-corrected chi connectivity index (χ1v) is 6.47. The minimum Gasteiger partial charge on any atom is -0.497 e. The molecule has 0 aliphatic carbocycles. The number of carboxylic acid groups (broad SMARTS) is 1. The molecule has 2 rings (SSSR count). The smallest absolute Gasteiger partial charge is 0.335 e. The molecule has 0 bridgehead atoms. The predicted octanol–water partition coefficient (Wildman–Crippen LogP) is 3.05. The summed E-state index contributed by atoms with van der Waals surface area (Å²) in [6, 6.07) is 8.39. The van der Waals surface area contributed by atoms with E-state index in [0.29, 0.717) is 17.2 Å². The van der Waals surface area contributed by atoms with Crippen molar-refractivity contribution in [3.05, 3.63) is 52.1 Å². The highest BCUT2D eigenvalue weighted by atomic mass is 16.6. The van der Waals surface area contributed by atoms with E-state index in [1.54, 1.807) is 18.2 Å². The number of aromatic carboxylic acids is 1. The number of methoxy groups -OCH3 is 2. The van der Waals surface area contributed by atoms with Crippen LogP contribution in [0.5, 0.6) is 11.5 Å². The Morgan fingerprint density at radius 1 is 1.13 bits per heavy atom. The van der Waals surface area contributed by atoms with Crippen LogP contribution in [0.25, 0.3) is 0 Å². The molecule has 0 amide bonds. The molecule has 2 aromatic carbocycles. The highest BCUT2D eigenvalue weighted by molar-refractivity contribution is 5.90. The minimum absolute atomic E-state index is 0.0540. The highest BCUT2D eigenvalue weighted by Gasteiger charge is 2.18. The van der Waals surface area contributed by atoms with Crippen molar-refractivity contribution in [2.45, 2.75) is 0 Å². The summed E-state index contributed by atoms with van der Waals surface area (Å²) in [5, 5.41) is 23.0. The first-order chi connectivity index (χ1) is 11.0. The van der Waals surface area contributed by atoms with E-state index in [1.165, 1.54) is 26.4 Å². The normalized spacial score (nSPS) is 10.0. The Balaban J connectivity index is 2.48. The zero-order chi connectivity index (χ0) is 17.0. The number of carbonyl (C=O) groups is 1. The van der Waals surface area contributed by atoms with Crippen molar-refractivity contribution in [1.82, 2.24) is 0 Å². The lowest BCUT2D eigenvalue weighted by Crippen LogP contribution is -2.02. The van der Waals surface area contributed by atoms with Gasteiger partial charge < -0.3 is 19.9 Å². The molecule has 2 aromatic rings. The molecule has 0 aromatic heterocycles. The summed E-state index contributed by atoms with van der Waals surface area (Å²) in [6.45, 7) is 0. The second-order valence-corrected chi connectivity index (χ2v) is 4.49. The Kier molecular flexibility index (Phi) is 4.65. The van der Waals surface area contributed by atoms with E-state index in [2.05, 4.69) is 5.32 Å². The van der Waals surface area contributed by atoms with Gasteiger partial charge in [0.25, 0.3) is 5.69 Å². The van der Waals surface area contributed by atoms with Crippen LogP contribution in [0.2, 0.25) is 0 Å². The Morgan fingerprint density at radius 3 is 2.43 bits per heavy atom. The van der Waals surface area contributed by atoms with E-state index in [-0.39, 0.29) is 16.9 Å². The summed E-state index contributed by atoms with van der Waals surface area (Å²) in [7, 11) is 2.95. The summed E-state index contributed by atoms with van der Waals surface area (Å²) >= 11 is 0. The SMILES string of the molecule is COc1ccc(Nc2cc(C(=O)O)ccc2[N+](=O)[O-])c(OC)c1. The topological polar surface area (TPSA) is 111 Å². The van der Waals surface area contributed by atoms with Gasteiger partial charge in [-0.15, -0.1) is 0 Å². The fraction of sp³-hybridized carbons (Fsp3) is 0.133. The summed E-state index contributed by atoms with van der Waals surface area (Å²) in [5.41, 5.74) is 0.191. The molecule has 120 valence electrons. The number of nitrogens with zero attached hydrogens (tertiary/aromatic N) is 1. The van der Waals surface area contributed by atoms with Crippen molar-refractivity contribution >= 4 is 23.0 Å². The Labute approximate surface area is 131 Å². The molecule has 23 heavy (non-hydrogen) atoms. The molecule has 0 spiro atoms. The zero-order valence-corrected chi connectivity index (χ0v) is 12.4. The van der Waals surface area contributed by atoms with Crippen LogP contribution in [0.3, 0.4) is 0 Å². The molecule has 0 fully saturated rings. The van der Waals surface area contributed by atoms with Gasteiger partial charge in [-0.2, -0.15) is 0 Å². The van der Waals surface area contributed by atoms with Crippen LogP contribution < -0.4 is 14.8 Å². The Bertz CT molecular complexity index is 760. The molecule has 0 atom stereocenters. The van der Waals surface area contributed by atoms with Crippen LogP contribution >= 0.6 is 0 Å². The van der Waals surface area contributed by atoms with Crippen molar-refractivity contribution in [2.75, 3.05) is 19.5 Å². The fourth-order valence-electron chi connectivity index (χ4n) is 1.98. The minimum atomic E-state index is -1.18. The van der Waals surface area contributed by atoms with Crippen LogP contribution in [-0.4, -0.2) is 30.2 Å². The van der Waals surface area contributed by atoms with E-state index >= 15 is 0 Å². The molecular formula is C15H14N2O6. The number of hydrogen-bond donors (Lipinski definition) is 2. The lowest BCUT2D eigenvalue weighted by atomic mass is 10.1. The maximum absolute atomic E-state index is 11.1. The zero-order valence-electron chi connectivity index (χ0n) is 12.4. The number of hydrogen-bond acceptors (Lipinski definition) is 6. The molecule has 0 aliphatic heterocycles. The summed E-state index contributed by atoms with van der Waals surface area (Å²) in [4.78, 5) is 21.6. The molecule has 0 heterocycles. The molecule has 0 saturated heterocycles. The van der Waals surface area contributed by atoms with Gasteiger partial charge in [0.1, 0.15) is 17.2 Å². The van der Waals surface area contributed by atoms with Gasteiger partial charge in [0.15, 0.2) is 0 Å². The lowest BCUT2D eigenvalue weighted by Gasteiger charge is -2.13. The number of carboxylic acids is 1. The molecule has 8 heteroatoms. The second kappa shape index (κ2) is 6.65. The van der Waals surface area contributed by atoms with Crippen molar-refractivity contribution in [1.29, 1.82) is 0 Å². The molecule has 0 aliphatic rings. The van der Waals surface area contributed by atoms with E-state index in [0.717, 1.165) is 6.07 Å². The molecule has 0 radical (unpaired) electrons. The quantitative estimate of drug-likeness (QED) is 0.622. The van der Waals surface area contributed by atoms with Crippen molar-refractivity contribution in [3.8, 4) is 11.5 Å². The third kappa shape index (κ3) is 3.49. The van der Waals surface area contributed by atoms with Gasteiger partial charge in [-0.1, -0.05) is 0 Å². The first kappa shape index (κ1) is 16.1. The van der Waals surface area contributed by atoms with Crippen LogP contribution in [-0.2, 0) is 0 Å². The number of rotatable bonds is 6. The van der Waals surface area contributed by atoms with Gasteiger partial charge in [0, 0.05) is 12.1 Å². The predicted molar refractivity (Wildman–Crippen MR) is 82.9 cm³/mol. The summed E-state index contributed by atoms with van der Waals surface area (Å²) < 4.78 is 10.3. The Hall–Kier alpha value is -3.29. The van der Waals surface area contributed by atoms with E-state index in [9.17, 15) is 14.9 Å². The highest BCUT2D eigenvalue weighted by Crippen LogP contribution is 2.35.